The molecule has 0 saturated heterocycles. The number of halogens is 2. The predicted octanol–water partition coefficient (Wildman–Crippen LogP) is 4.67. The lowest BCUT2D eigenvalue weighted by atomic mass is 10.2. The summed E-state index contributed by atoms with van der Waals surface area (Å²) in [5.41, 5.74) is 1.40. The maximum absolute atomic E-state index is 12.0. The Bertz CT molecular complexity index is 731. The van der Waals surface area contributed by atoms with E-state index in [-0.39, 0.29) is 5.57 Å². The van der Waals surface area contributed by atoms with Crippen LogP contribution in [0, 0.1) is 11.3 Å². The number of amides is 1. The minimum Gasteiger partial charge on any atom is -0.360 e. The number of carbonyl (C=O) groups excluding carboxylic acids is 1. The molecule has 0 fully saturated rings. The van der Waals surface area contributed by atoms with Gasteiger partial charge in [-0.1, -0.05) is 31.9 Å². The number of hydrogen-bond donors (Lipinski definition) is 2. The minimum atomic E-state index is -0.463. The van der Waals surface area contributed by atoms with E-state index in [0.29, 0.717) is 5.69 Å². The summed E-state index contributed by atoms with van der Waals surface area (Å²) in [7, 11) is 0. The molecule has 0 radical (unpaired) electrons. The lowest BCUT2D eigenvalue weighted by molar-refractivity contribution is -0.112. The summed E-state index contributed by atoms with van der Waals surface area (Å²) in [5, 5.41) is 14.7. The van der Waals surface area contributed by atoms with Gasteiger partial charge in [0.15, 0.2) is 0 Å². The number of rotatable bonds is 4. The molecule has 22 heavy (non-hydrogen) atoms. The Morgan fingerprint density at radius 2 is 1.45 bits per heavy atom. The van der Waals surface area contributed by atoms with E-state index >= 15 is 0 Å². The molecule has 6 heteroatoms. The highest BCUT2D eigenvalue weighted by Crippen LogP contribution is 2.16. The molecule has 2 aromatic carbocycles. The monoisotopic (exact) mass is 419 g/mol. The van der Waals surface area contributed by atoms with Crippen LogP contribution in [0.25, 0.3) is 0 Å². The van der Waals surface area contributed by atoms with Crippen LogP contribution in [0.2, 0.25) is 0 Å². The molecule has 0 aliphatic rings. The number of nitriles is 1. The smallest absolute Gasteiger partial charge is 0.267 e. The number of nitrogens with one attached hydrogen (secondary N) is 2. The van der Waals surface area contributed by atoms with E-state index < -0.39 is 5.91 Å². The highest BCUT2D eigenvalue weighted by molar-refractivity contribution is 9.10. The Labute approximate surface area is 145 Å². The van der Waals surface area contributed by atoms with Crippen LogP contribution in [0.3, 0.4) is 0 Å². The molecule has 2 aromatic rings. The summed E-state index contributed by atoms with van der Waals surface area (Å²) < 4.78 is 1.87. The molecule has 0 aliphatic carbocycles. The van der Waals surface area contributed by atoms with Crippen LogP contribution in [0.5, 0.6) is 0 Å². The van der Waals surface area contributed by atoms with Crippen LogP contribution < -0.4 is 10.6 Å². The van der Waals surface area contributed by atoms with Gasteiger partial charge < -0.3 is 10.6 Å². The van der Waals surface area contributed by atoms with Crippen molar-refractivity contribution in [2.45, 2.75) is 0 Å². The summed E-state index contributed by atoms with van der Waals surface area (Å²) in [6, 6.07) is 16.4. The Kier molecular flexibility index (Phi) is 5.75. The average Bonchev–Trinajstić information content (AvgIpc) is 2.52. The summed E-state index contributed by atoms with van der Waals surface area (Å²) in [6.07, 6.45) is 1.39. The van der Waals surface area contributed by atoms with Crippen LogP contribution in [-0.2, 0) is 4.79 Å². The quantitative estimate of drug-likeness (QED) is 0.557. The van der Waals surface area contributed by atoms with Crippen molar-refractivity contribution in [1.29, 1.82) is 5.26 Å². The highest BCUT2D eigenvalue weighted by Gasteiger charge is 2.09. The van der Waals surface area contributed by atoms with Crippen molar-refractivity contribution in [3.05, 3.63) is 69.2 Å². The van der Waals surface area contributed by atoms with Gasteiger partial charge in [-0.05, 0) is 48.5 Å². The Morgan fingerprint density at radius 3 is 1.95 bits per heavy atom. The Hall–Kier alpha value is -2.10. The molecule has 2 rings (SSSR count). The number of benzene rings is 2. The van der Waals surface area contributed by atoms with Crippen molar-refractivity contribution < 1.29 is 4.79 Å². The molecule has 1 amide bonds. The summed E-state index contributed by atoms with van der Waals surface area (Å²) in [6.45, 7) is 0. The summed E-state index contributed by atoms with van der Waals surface area (Å²) in [5.74, 6) is -0.463. The molecular formula is C16H11Br2N3O. The number of hydrogen-bond acceptors (Lipinski definition) is 3. The SMILES string of the molecule is N#C/C(=C/Nc1ccc(Br)cc1)C(=O)Nc1ccc(Br)cc1. The maximum atomic E-state index is 12.0. The third kappa shape index (κ3) is 4.72. The van der Waals surface area contributed by atoms with Gasteiger partial charge in [0, 0.05) is 26.5 Å². The van der Waals surface area contributed by atoms with Crippen molar-refractivity contribution in [2.75, 3.05) is 10.6 Å². The second-order valence-corrected chi connectivity index (χ2v) is 6.11. The van der Waals surface area contributed by atoms with Gasteiger partial charge in [-0.15, -0.1) is 0 Å². The summed E-state index contributed by atoms with van der Waals surface area (Å²) >= 11 is 6.66. The van der Waals surface area contributed by atoms with E-state index in [0.717, 1.165) is 14.6 Å². The first kappa shape index (κ1) is 16.3. The number of nitrogens with zero attached hydrogens (tertiary/aromatic N) is 1. The second-order valence-electron chi connectivity index (χ2n) is 4.28. The molecule has 0 saturated carbocycles. The van der Waals surface area contributed by atoms with Crippen molar-refractivity contribution in [3.63, 3.8) is 0 Å². The zero-order valence-corrected chi connectivity index (χ0v) is 14.5. The molecule has 0 aromatic heterocycles. The first-order valence-electron chi connectivity index (χ1n) is 6.28. The molecule has 0 aliphatic heterocycles. The maximum Gasteiger partial charge on any atom is 0.267 e. The number of anilines is 2. The van der Waals surface area contributed by atoms with Gasteiger partial charge in [-0.2, -0.15) is 5.26 Å². The average molecular weight is 421 g/mol. The minimum absolute atomic E-state index is 0.00848. The third-order valence-corrected chi connectivity index (χ3v) is 3.75. The van der Waals surface area contributed by atoms with E-state index in [2.05, 4.69) is 42.5 Å². The first-order valence-corrected chi connectivity index (χ1v) is 7.86. The lowest BCUT2D eigenvalue weighted by Gasteiger charge is -2.05. The van der Waals surface area contributed by atoms with Crippen LogP contribution in [-0.4, -0.2) is 5.91 Å². The van der Waals surface area contributed by atoms with E-state index in [9.17, 15) is 4.79 Å². The lowest BCUT2D eigenvalue weighted by Crippen LogP contribution is -2.14. The fourth-order valence-electron chi connectivity index (χ4n) is 1.58. The molecule has 2 N–H and O–H groups in total. The van der Waals surface area contributed by atoms with Crippen molar-refractivity contribution in [2.24, 2.45) is 0 Å². The highest BCUT2D eigenvalue weighted by atomic mass is 79.9. The fraction of sp³-hybridized carbons (Fsp3) is 0. The fourth-order valence-corrected chi connectivity index (χ4v) is 2.11. The van der Waals surface area contributed by atoms with Crippen LogP contribution in [0.4, 0.5) is 11.4 Å². The van der Waals surface area contributed by atoms with Crippen LogP contribution >= 0.6 is 31.9 Å². The second kappa shape index (κ2) is 7.78. The van der Waals surface area contributed by atoms with Gasteiger partial charge in [-0.25, -0.2) is 0 Å². The molecule has 0 spiro atoms. The van der Waals surface area contributed by atoms with Crippen molar-refractivity contribution in [1.82, 2.24) is 0 Å². The zero-order chi connectivity index (χ0) is 15.9. The normalized spacial score (nSPS) is 10.7. The largest absolute Gasteiger partial charge is 0.360 e. The molecule has 0 bridgehead atoms. The van der Waals surface area contributed by atoms with Crippen molar-refractivity contribution in [3.8, 4) is 6.07 Å². The van der Waals surface area contributed by atoms with Gasteiger partial charge in [0.2, 0.25) is 0 Å². The number of carbonyl (C=O) groups is 1. The molecular weight excluding hydrogens is 410 g/mol. The molecule has 4 nitrogen and oxygen atoms in total. The van der Waals surface area contributed by atoms with E-state index in [1.54, 1.807) is 12.1 Å². The molecule has 0 heterocycles. The van der Waals surface area contributed by atoms with E-state index in [1.165, 1.54) is 6.20 Å². The van der Waals surface area contributed by atoms with E-state index in [4.69, 9.17) is 5.26 Å². The van der Waals surface area contributed by atoms with Gasteiger partial charge in [0.1, 0.15) is 11.6 Å². The standard InChI is InChI=1S/C16H11Br2N3O/c17-12-1-5-14(6-2-12)20-10-11(9-19)16(22)21-15-7-3-13(18)4-8-15/h1-8,10,20H,(H,21,22)/b11-10-. The predicted molar refractivity (Wildman–Crippen MR) is 94.2 cm³/mol. The van der Waals surface area contributed by atoms with Gasteiger partial charge >= 0.3 is 0 Å². The van der Waals surface area contributed by atoms with Gasteiger partial charge in [0.25, 0.3) is 5.91 Å². The van der Waals surface area contributed by atoms with E-state index in [1.807, 2.05) is 42.5 Å². The third-order valence-electron chi connectivity index (χ3n) is 2.69. The topological polar surface area (TPSA) is 64.9 Å². The van der Waals surface area contributed by atoms with Crippen LogP contribution in [0.1, 0.15) is 0 Å². The molecule has 110 valence electrons. The Morgan fingerprint density at radius 1 is 0.955 bits per heavy atom. The Balaban J connectivity index is 2.05. The van der Waals surface area contributed by atoms with Crippen LogP contribution in [0.15, 0.2) is 69.2 Å². The van der Waals surface area contributed by atoms with Gasteiger partial charge in [0.05, 0.1) is 0 Å². The molecule has 0 unspecified atom stereocenters. The van der Waals surface area contributed by atoms with Gasteiger partial charge in [-0.3, -0.25) is 4.79 Å². The molecule has 0 atom stereocenters. The van der Waals surface area contributed by atoms with Crippen molar-refractivity contribution >= 4 is 49.1 Å². The first-order chi connectivity index (χ1) is 10.6. The zero-order valence-electron chi connectivity index (χ0n) is 11.3. The summed E-state index contributed by atoms with van der Waals surface area (Å²) in [4.78, 5) is 12.0.